The number of aryl methyl sites for hydroxylation is 1. The Morgan fingerprint density at radius 1 is 1.03 bits per heavy atom. The number of benzene rings is 1. The van der Waals surface area contributed by atoms with Crippen molar-refractivity contribution in [3.8, 4) is 0 Å². The van der Waals surface area contributed by atoms with E-state index in [2.05, 4.69) is 43.1 Å². The van der Waals surface area contributed by atoms with Gasteiger partial charge in [-0.25, -0.2) is 9.50 Å². The van der Waals surface area contributed by atoms with Crippen LogP contribution >= 0.6 is 0 Å². The van der Waals surface area contributed by atoms with Crippen molar-refractivity contribution in [1.82, 2.24) is 19.2 Å². The molecule has 0 atom stereocenters. The molecule has 6 heteroatoms. The van der Waals surface area contributed by atoms with Gasteiger partial charge >= 0.3 is 0 Å². The first-order valence-electron chi connectivity index (χ1n) is 12.2. The molecule has 0 radical (unpaired) electrons. The van der Waals surface area contributed by atoms with Crippen molar-refractivity contribution in [2.75, 3.05) is 13.2 Å². The second kappa shape index (κ2) is 9.18. The lowest BCUT2D eigenvalue weighted by Crippen LogP contribution is -2.32. The molecule has 170 valence electrons. The molecule has 3 heterocycles. The van der Waals surface area contributed by atoms with E-state index in [-0.39, 0.29) is 5.56 Å². The fraction of sp³-hybridized carbons (Fsp3) is 0.577. The summed E-state index contributed by atoms with van der Waals surface area (Å²) in [5.41, 5.74) is 3.07. The minimum atomic E-state index is 0.0477. The van der Waals surface area contributed by atoms with E-state index in [1.807, 2.05) is 9.08 Å². The highest BCUT2D eigenvalue weighted by molar-refractivity contribution is 5.43. The lowest BCUT2D eigenvalue weighted by molar-refractivity contribution is 0.0832. The second-order valence-electron chi connectivity index (χ2n) is 9.92. The van der Waals surface area contributed by atoms with Crippen LogP contribution in [-0.2, 0) is 17.7 Å². The van der Waals surface area contributed by atoms with Crippen LogP contribution in [0.5, 0.6) is 0 Å². The van der Waals surface area contributed by atoms with Gasteiger partial charge in [-0.3, -0.25) is 9.36 Å². The molecule has 1 saturated carbocycles. The number of fused-ring (bicyclic) bond motifs is 1. The maximum Gasteiger partial charge on any atom is 0.279 e. The third-order valence-electron chi connectivity index (χ3n) is 7.40. The fourth-order valence-electron chi connectivity index (χ4n) is 5.25. The highest BCUT2D eigenvalue weighted by atomic mass is 16.5. The molecule has 0 N–H and O–H groups in total. The maximum atomic E-state index is 13.7. The van der Waals surface area contributed by atoms with Crippen molar-refractivity contribution in [2.24, 2.45) is 11.8 Å². The third kappa shape index (κ3) is 4.38. The maximum absolute atomic E-state index is 13.7. The summed E-state index contributed by atoms with van der Waals surface area (Å²) in [5, 5.41) is 5.05. The summed E-state index contributed by atoms with van der Waals surface area (Å²) in [7, 11) is 0. The Morgan fingerprint density at radius 2 is 1.75 bits per heavy atom. The van der Waals surface area contributed by atoms with Gasteiger partial charge in [0, 0.05) is 32.1 Å². The normalized spacial score (nSPS) is 22.4. The first kappa shape index (κ1) is 21.4. The minimum absolute atomic E-state index is 0.0477. The summed E-state index contributed by atoms with van der Waals surface area (Å²) in [6, 6.07) is 8.55. The summed E-state index contributed by atoms with van der Waals surface area (Å²) in [6.45, 7) is 6.68. The standard InChI is InChI=1S/C26H34N4O2/c1-18-3-7-20(8-4-18)15-24-28-30-23(16-27-25(30)22-11-13-32-14-12-22)26(31)29(24)17-21-9-5-19(2)6-10-21/h3-4,7-8,16,19,21-22H,5-6,9-15,17H2,1-2H3/t19-,21-. The van der Waals surface area contributed by atoms with Gasteiger partial charge in [0.25, 0.3) is 5.56 Å². The highest BCUT2D eigenvalue weighted by Crippen LogP contribution is 2.30. The summed E-state index contributed by atoms with van der Waals surface area (Å²) in [6.07, 6.45) is 9.13. The molecule has 2 fully saturated rings. The van der Waals surface area contributed by atoms with Crippen LogP contribution in [0.4, 0.5) is 0 Å². The minimum Gasteiger partial charge on any atom is -0.381 e. The zero-order valence-corrected chi connectivity index (χ0v) is 19.3. The van der Waals surface area contributed by atoms with Gasteiger partial charge in [-0.1, -0.05) is 49.6 Å². The van der Waals surface area contributed by atoms with Crippen molar-refractivity contribution in [1.29, 1.82) is 0 Å². The molecule has 2 aromatic heterocycles. The zero-order chi connectivity index (χ0) is 22.1. The van der Waals surface area contributed by atoms with E-state index in [1.54, 1.807) is 6.20 Å². The smallest absolute Gasteiger partial charge is 0.279 e. The van der Waals surface area contributed by atoms with Crippen molar-refractivity contribution in [2.45, 2.75) is 71.3 Å². The topological polar surface area (TPSA) is 61.4 Å². The van der Waals surface area contributed by atoms with Crippen LogP contribution < -0.4 is 5.56 Å². The van der Waals surface area contributed by atoms with Crippen molar-refractivity contribution >= 4 is 5.52 Å². The predicted molar refractivity (Wildman–Crippen MR) is 125 cm³/mol. The molecule has 0 spiro atoms. The number of nitrogens with zero attached hydrogens (tertiary/aromatic N) is 4. The van der Waals surface area contributed by atoms with Gasteiger partial charge in [0.2, 0.25) is 0 Å². The molecule has 0 unspecified atom stereocenters. The molecule has 3 aromatic rings. The van der Waals surface area contributed by atoms with Gasteiger partial charge in [-0.15, -0.1) is 0 Å². The quantitative estimate of drug-likeness (QED) is 0.593. The van der Waals surface area contributed by atoms with E-state index in [4.69, 9.17) is 9.84 Å². The van der Waals surface area contributed by atoms with E-state index in [0.29, 0.717) is 23.8 Å². The Bertz CT molecular complexity index is 1120. The van der Waals surface area contributed by atoms with Gasteiger partial charge in [-0.05, 0) is 50.0 Å². The van der Waals surface area contributed by atoms with Crippen LogP contribution in [-0.4, -0.2) is 32.4 Å². The molecule has 2 aliphatic rings. The predicted octanol–water partition coefficient (Wildman–Crippen LogP) is 4.51. The number of rotatable bonds is 5. The van der Waals surface area contributed by atoms with Crippen LogP contribution in [0.1, 0.15) is 74.1 Å². The molecular weight excluding hydrogens is 400 g/mol. The van der Waals surface area contributed by atoms with Gasteiger partial charge < -0.3 is 4.74 Å². The lowest BCUT2D eigenvalue weighted by atomic mass is 9.83. The van der Waals surface area contributed by atoms with E-state index < -0.39 is 0 Å². The first-order chi connectivity index (χ1) is 15.6. The largest absolute Gasteiger partial charge is 0.381 e. The molecule has 1 aliphatic carbocycles. The first-order valence-corrected chi connectivity index (χ1v) is 12.2. The summed E-state index contributed by atoms with van der Waals surface area (Å²) in [5.74, 6) is 3.39. The number of hydrogen-bond acceptors (Lipinski definition) is 4. The third-order valence-corrected chi connectivity index (χ3v) is 7.40. The fourth-order valence-corrected chi connectivity index (χ4v) is 5.25. The number of imidazole rings is 1. The number of aromatic nitrogens is 4. The van der Waals surface area contributed by atoms with Gasteiger partial charge in [0.05, 0.1) is 6.20 Å². The van der Waals surface area contributed by atoms with Crippen LogP contribution in [0, 0.1) is 18.8 Å². The summed E-state index contributed by atoms with van der Waals surface area (Å²) < 4.78 is 9.32. The number of ether oxygens (including phenoxy) is 1. The SMILES string of the molecule is Cc1ccc(Cc2nn3c(C4CCOCC4)ncc3c(=O)n2C[C@H]2CC[C@H](C)CC2)cc1. The molecule has 0 bridgehead atoms. The monoisotopic (exact) mass is 434 g/mol. The number of hydrogen-bond donors (Lipinski definition) is 0. The van der Waals surface area contributed by atoms with E-state index in [0.717, 1.165) is 50.2 Å². The van der Waals surface area contributed by atoms with Crippen molar-refractivity contribution < 1.29 is 4.74 Å². The van der Waals surface area contributed by atoms with E-state index in [9.17, 15) is 4.79 Å². The Morgan fingerprint density at radius 3 is 2.47 bits per heavy atom. The Kier molecular flexibility index (Phi) is 6.13. The van der Waals surface area contributed by atoms with Crippen molar-refractivity contribution in [3.63, 3.8) is 0 Å². The average Bonchev–Trinajstić information content (AvgIpc) is 3.24. The van der Waals surface area contributed by atoms with Crippen LogP contribution in [0.2, 0.25) is 0 Å². The van der Waals surface area contributed by atoms with Gasteiger partial charge in [0.1, 0.15) is 11.6 Å². The summed E-state index contributed by atoms with van der Waals surface area (Å²) in [4.78, 5) is 18.3. The Labute approximate surface area is 189 Å². The second-order valence-corrected chi connectivity index (χ2v) is 9.92. The molecule has 1 aromatic carbocycles. The summed E-state index contributed by atoms with van der Waals surface area (Å²) >= 11 is 0. The lowest BCUT2D eigenvalue weighted by Gasteiger charge is -2.27. The van der Waals surface area contributed by atoms with E-state index in [1.165, 1.54) is 36.8 Å². The molecule has 32 heavy (non-hydrogen) atoms. The van der Waals surface area contributed by atoms with Crippen LogP contribution in [0.3, 0.4) is 0 Å². The zero-order valence-electron chi connectivity index (χ0n) is 19.3. The van der Waals surface area contributed by atoms with Crippen LogP contribution in [0.25, 0.3) is 5.52 Å². The Hall–Kier alpha value is -2.47. The van der Waals surface area contributed by atoms with Crippen molar-refractivity contribution in [3.05, 3.63) is 63.6 Å². The molecule has 1 aliphatic heterocycles. The molecule has 1 saturated heterocycles. The van der Waals surface area contributed by atoms with E-state index >= 15 is 0 Å². The molecule has 6 nitrogen and oxygen atoms in total. The molecule has 0 amide bonds. The molecular formula is C26H34N4O2. The Balaban J connectivity index is 1.55. The highest BCUT2D eigenvalue weighted by Gasteiger charge is 2.25. The average molecular weight is 435 g/mol. The molecule has 5 rings (SSSR count). The van der Waals surface area contributed by atoms with Gasteiger partial charge in [-0.2, -0.15) is 5.10 Å². The van der Waals surface area contributed by atoms with Crippen LogP contribution in [0.15, 0.2) is 35.3 Å². The van der Waals surface area contributed by atoms with Gasteiger partial charge in [0.15, 0.2) is 5.52 Å².